The van der Waals surface area contributed by atoms with Gasteiger partial charge < -0.3 is 5.11 Å². The van der Waals surface area contributed by atoms with Crippen LogP contribution in [0.2, 0.25) is 0 Å². The Hall–Kier alpha value is -1.90. The van der Waals surface area contributed by atoms with Crippen molar-refractivity contribution in [2.24, 2.45) is 5.41 Å². The minimum atomic E-state index is -0.654. The van der Waals surface area contributed by atoms with Crippen LogP contribution in [0, 0.1) is 5.41 Å². The molecule has 0 unspecified atom stereocenters. The second kappa shape index (κ2) is 4.65. The minimum absolute atomic E-state index is 0.565. The van der Waals surface area contributed by atoms with Crippen molar-refractivity contribution in [3.8, 4) is 0 Å². The number of aromatic nitrogens is 1. The molecule has 1 saturated carbocycles. The van der Waals surface area contributed by atoms with Gasteiger partial charge in [-0.15, -0.1) is 0 Å². The summed E-state index contributed by atoms with van der Waals surface area (Å²) in [5.41, 5.74) is 1.43. The highest BCUT2D eigenvalue weighted by molar-refractivity contribution is 5.79. The van der Waals surface area contributed by atoms with Crippen LogP contribution in [0.4, 0.5) is 0 Å². The molecule has 2 aromatic rings. The maximum atomic E-state index is 11.6. The molecule has 0 spiro atoms. The van der Waals surface area contributed by atoms with Gasteiger partial charge in [-0.2, -0.15) is 0 Å². The van der Waals surface area contributed by atoms with Gasteiger partial charge in [0, 0.05) is 11.6 Å². The van der Waals surface area contributed by atoms with Crippen LogP contribution >= 0.6 is 0 Å². The summed E-state index contributed by atoms with van der Waals surface area (Å²) in [6.07, 6.45) is 6.04. The summed E-state index contributed by atoms with van der Waals surface area (Å²) in [7, 11) is 0. The largest absolute Gasteiger partial charge is 0.481 e. The van der Waals surface area contributed by atoms with Gasteiger partial charge in [0.2, 0.25) is 0 Å². The Kier molecular flexibility index (Phi) is 2.97. The van der Waals surface area contributed by atoms with Crippen molar-refractivity contribution in [1.29, 1.82) is 0 Å². The second-order valence-electron chi connectivity index (χ2n) is 5.51. The van der Waals surface area contributed by atoms with Crippen LogP contribution in [0.5, 0.6) is 0 Å². The predicted molar refractivity (Wildman–Crippen MR) is 74.0 cm³/mol. The third kappa shape index (κ3) is 2.21. The topological polar surface area (TPSA) is 50.2 Å². The van der Waals surface area contributed by atoms with E-state index in [1.165, 1.54) is 0 Å². The molecular formula is C16H17NO2. The van der Waals surface area contributed by atoms with Gasteiger partial charge in [0.25, 0.3) is 0 Å². The zero-order valence-corrected chi connectivity index (χ0v) is 10.8. The predicted octanol–water partition coefficient (Wildman–Crippen LogP) is 3.42. The number of carboxylic acids is 1. The molecule has 0 bridgehead atoms. The fourth-order valence-corrected chi connectivity index (χ4v) is 3.12. The van der Waals surface area contributed by atoms with E-state index in [1.54, 1.807) is 0 Å². The summed E-state index contributed by atoms with van der Waals surface area (Å²) in [6.45, 7) is 0. The second-order valence-corrected chi connectivity index (χ2v) is 5.51. The van der Waals surface area contributed by atoms with Crippen molar-refractivity contribution in [2.45, 2.75) is 32.1 Å². The SMILES string of the molecule is O=C(O)C1(Cc2cnc3ccccc3c2)CCCC1. The standard InChI is InChI=1S/C16H17NO2/c18-15(19)16(7-3-4-8-16)10-12-9-13-5-1-2-6-14(13)17-11-12/h1-2,5-6,9,11H,3-4,7-8,10H2,(H,18,19). The number of rotatable bonds is 3. The van der Waals surface area contributed by atoms with Crippen LogP contribution in [0.1, 0.15) is 31.2 Å². The van der Waals surface area contributed by atoms with E-state index in [-0.39, 0.29) is 0 Å². The summed E-state index contributed by atoms with van der Waals surface area (Å²) in [5.74, 6) is -0.654. The fraction of sp³-hybridized carbons (Fsp3) is 0.375. The Morgan fingerprint density at radius 1 is 1.26 bits per heavy atom. The van der Waals surface area contributed by atoms with Crippen LogP contribution in [-0.2, 0) is 11.2 Å². The van der Waals surface area contributed by atoms with E-state index in [0.717, 1.165) is 42.1 Å². The highest BCUT2D eigenvalue weighted by Gasteiger charge is 2.41. The Labute approximate surface area is 112 Å². The average molecular weight is 255 g/mol. The number of nitrogens with zero attached hydrogens (tertiary/aromatic N) is 1. The van der Waals surface area contributed by atoms with Crippen LogP contribution in [-0.4, -0.2) is 16.1 Å². The van der Waals surface area contributed by atoms with Crippen LogP contribution in [0.25, 0.3) is 10.9 Å². The van der Waals surface area contributed by atoms with Gasteiger partial charge in [0.1, 0.15) is 0 Å². The number of aliphatic carboxylic acids is 1. The molecule has 0 amide bonds. The number of para-hydroxylation sites is 1. The lowest BCUT2D eigenvalue weighted by molar-refractivity contribution is -0.148. The van der Waals surface area contributed by atoms with Gasteiger partial charge in [-0.1, -0.05) is 31.0 Å². The van der Waals surface area contributed by atoms with Gasteiger partial charge >= 0.3 is 5.97 Å². The molecule has 1 aliphatic rings. The first-order chi connectivity index (χ1) is 9.20. The third-order valence-electron chi connectivity index (χ3n) is 4.20. The number of pyridine rings is 1. The van der Waals surface area contributed by atoms with Gasteiger partial charge in [-0.05, 0) is 37.0 Å². The number of carbonyl (C=O) groups is 1. The maximum Gasteiger partial charge on any atom is 0.309 e. The monoisotopic (exact) mass is 255 g/mol. The van der Waals surface area contributed by atoms with Gasteiger partial charge in [0.15, 0.2) is 0 Å². The summed E-state index contributed by atoms with van der Waals surface area (Å²) in [4.78, 5) is 16.0. The zero-order chi connectivity index (χ0) is 13.3. The molecule has 0 saturated heterocycles. The molecule has 1 heterocycles. The van der Waals surface area contributed by atoms with E-state index in [4.69, 9.17) is 0 Å². The van der Waals surface area contributed by atoms with Crippen molar-refractivity contribution in [2.75, 3.05) is 0 Å². The molecular weight excluding hydrogens is 238 g/mol. The van der Waals surface area contributed by atoms with E-state index in [9.17, 15) is 9.90 Å². The molecule has 1 aromatic heterocycles. The first kappa shape index (κ1) is 12.2. The van der Waals surface area contributed by atoms with Gasteiger partial charge in [0.05, 0.1) is 10.9 Å². The molecule has 3 nitrogen and oxygen atoms in total. The van der Waals surface area contributed by atoms with Crippen molar-refractivity contribution >= 4 is 16.9 Å². The average Bonchev–Trinajstić information content (AvgIpc) is 2.88. The Bertz CT molecular complexity index is 615. The lowest BCUT2D eigenvalue weighted by Gasteiger charge is -2.23. The summed E-state index contributed by atoms with van der Waals surface area (Å²) < 4.78 is 0. The van der Waals surface area contributed by atoms with Crippen molar-refractivity contribution in [1.82, 2.24) is 4.98 Å². The molecule has 0 radical (unpaired) electrons. The maximum absolute atomic E-state index is 11.6. The first-order valence-corrected chi connectivity index (χ1v) is 6.77. The summed E-state index contributed by atoms with van der Waals surface area (Å²) >= 11 is 0. The molecule has 1 N–H and O–H groups in total. The zero-order valence-electron chi connectivity index (χ0n) is 10.8. The van der Waals surface area contributed by atoms with Crippen LogP contribution < -0.4 is 0 Å². The molecule has 1 aliphatic carbocycles. The van der Waals surface area contributed by atoms with Gasteiger partial charge in [-0.25, -0.2) is 0 Å². The normalized spacial score (nSPS) is 17.7. The summed E-state index contributed by atoms with van der Waals surface area (Å²) in [5, 5.41) is 10.6. The molecule has 98 valence electrons. The van der Waals surface area contributed by atoms with Crippen LogP contribution in [0.15, 0.2) is 36.5 Å². The van der Waals surface area contributed by atoms with Crippen molar-refractivity contribution in [3.63, 3.8) is 0 Å². The molecule has 1 fully saturated rings. The van der Waals surface area contributed by atoms with Crippen molar-refractivity contribution in [3.05, 3.63) is 42.1 Å². The molecule has 1 aromatic carbocycles. The van der Waals surface area contributed by atoms with Crippen molar-refractivity contribution < 1.29 is 9.90 Å². The van der Waals surface area contributed by atoms with E-state index in [2.05, 4.69) is 11.1 Å². The van der Waals surface area contributed by atoms with Crippen LogP contribution in [0.3, 0.4) is 0 Å². The lowest BCUT2D eigenvalue weighted by atomic mass is 9.80. The number of hydrogen-bond donors (Lipinski definition) is 1. The molecule has 0 aliphatic heterocycles. The number of fused-ring (bicyclic) bond motifs is 1. The fourth-order valence-electron chi connectivity index (χ4n) is 3.12. The Morgan fingerprint density at radius 2 is 2.00 bits per heavy atom. The van der Waals surface area contributed by atoms with E-state index in [0.29, 0.717) is 6.42 Å². The highest BCUT2D eigenvalue weighted by atomic mass is 16.4. The van der Waals surface area contributed by atoms with E-state index in [1.807, 2.05) is 30.5 Å². The molecule has 0 atom stereocenters. The molecule has 3 heteroatoms. The minimum Gasteiger partial charge on any atom is -0.481 e. The quantitative estimate of drug-likeness (QED) is 0.914. The summed E-state index contributed by atoms with van der Waals surface area (Å²) in [6, 6.07) is 10.0. The highest BCUT2D eigenvalue weighted by Crippen LogP contribution is 2.41. The third-order valence-corrected chi connectivity index (χ3v) is 4.20. The molecule has 3 rings (SSSR count). The van der Waals surface area contributed by atoms with E-state index < -0.39 is 11.4 Å². The number of benzene rings is 1. The lowest BCUT2D eigenvalue weighted by Crippen LogP contribution is -2.30. The number of hydrogen-bond acceptors (Lipinski definition) is 2. The Morgan fingerprint density at radius 3 is 2.74 bits per heavy atom. The molecule has 19 heavy (non-hydrogen) atoms. The smallest absolute Gasteiger partial charge is 0.309 e. The number of carboxylic acid groups (broad SMARTS) is 1. The Balaban J connectivity index is 1.94. The van der Waals surface area contributed by atoms with E-state index >= 15 is 0 Å². The first-order valence-electron chi connectivity index (χ1n) is 6.77. The van der Waals surface area contributed by atoms with Gasteiger partial charge in [-0.3, -0.25) is 9.78 Å².